The van der Waals surface area contributed by atoms with E-state index in [2.05, 4.69) is 10.3 Å². The van der Waals surface area contributed by atoms with Crippen LogP contribution in [0.15, 0.2) is 42.5 Å². The molecule has 0 aliphatic rings. The number of hydrogen-bond acceptors (Lipinski definition) is 2. The molecule has 3 nitrogen and oxygen atoms in total. The van der Waals surface area contributed by atoms with Gasteiger partial charge in [0.15, 0.2) is 0 Å². The summed E-state index contributed by atoms with van der Waals surface area (Å²) in [6.07, 6.45) is -4.59. The summed E-state index contributed by atoms with van der Waals surface area (Å²) in [6.45, 7) is 1.69. The number of carbonyl (C=O) groups is 1. The molecule has 7 heteroatoms. The molecule has 0 spiro atoms. The van der Waals surface area contributed by atoms with Gasteiger partial charge in [0.05, 0.1) is 6.04 Å². The lowest BCUT2D eigenvalue weighted by molar-refractivity contribution is -0.141. The van der Waals surface area contributed by atoms with Crippen molar-refractivity contribution in [1.29, 1.82) is 0 Å². The summed E-state index contributed by atoms with van der Waals surface area (Å²) in [7, 11) is 0. The number of carbonyl (C=O) groups excluding carboxylic acids is 1. The van der Waals surface area contributed by atoms with Crippen LogP contribution in [0, 0.1) is 0 Å². The second kappa shape index (κ2) is 6.36. The molecule has 0 radical (unpaired) electrons. The lowest BCUT2D eigenvalue weighted by Crippen LogP contribution is -2.28. The van der Waals surface area contributed by atoms with Crippen molar-refractivity contribution in [2.75, 3.05) is 0 Å². The number of pyridine rings is 1. The van der Waals surface area contributed by atoms with E-state index in [0.717, 1.165) is 12.1 Å². The number of aromatic nitrogens is 1. The summed E-state index contributed by atoms with van der Waals surface area (Å²) in [4.78, 5) is 15.4. The zero-order chi connectivity index (χ0) is 16.3. The van der Waals surface area contributed by atoms with Crippen LogP contribution in [0.2, 0.25) is 5.02 Å². The first kappa shape index (κ1) is 16.3. The number of nitrogens with one attached hydrogen (secondary N) is 1. The van der Waals surface area contributed by atoms with Crippen LogP contribution < -0.4 is 5.32 Å². The van der Waals surface area contributed by atoms with E-state index in [4.69, 9.17) is 11.6 Å². The van der Waals surface area contributed by atoms with Gasteiger partial charge in [-0.15, -0.1) is 0 Å². The Morgan fingerprint density at radius 3 is 2.50 bits per heavy atom. The summed E-state index contributed by atoms with van der Waals surface area (Å²) >= 11 is 6.02. The van der Waals surface area contributed by atoms with Gasteiger partial charge in [0.1, 0.15) is 11.4 Å². The van der Waals surface area contributed by atoms with Crippen LogP contribution in [0.3, 0.4) is 0 Å². The van der Waals surface area contributed by atoms with Crippen molar-refractivity contribution in [3.63, 3.8) is 0 Å². The minimum atomic E-state index is -4.59. The topological polar surface area (TPSA) is 42.0 Å². The lowest BCUT2D eigenvalue weighted by Gasteiger charge is -2.15. The third kappa shape index (κ3) is 3.76. The molecule has 0 aliphatic carbocycles. The molecule has 1 aromatic carbocycles. The van der Waals surface area contributed by atoms with E-state index in [1.54, 1.807) is 31.2 Å². The monoisotopic (exact) mass is 328 g/mol. The third-order valence-electron chi connectivity index (χ3n) is 2.99. The van der Waals surface area contributed by atoms with E-state index in [-0.39, 0.29) is 5.69 Å². The molecule has 1 amide bonds. The number of rotatable bonds is 3. The molecule has 116 valence electrons. The molecule has 1 atom stereocenters. The van der Waals surface area contributed by atoms with Gasteiger partial charge in [0, 0.05) is 5.02 Å². The number of halogens is 4. The highest BCUT2D eigenvalue weighted by Gasteiger charge is 2.33. The van der Waals surface area contributed by atoms with Crippen molar-refractivity contribution >= 4 is 17.5 Å². The van der Waals surface area contributed by atoms with E-state index in [1.807, 2.05) is 0 Å². The SMILES string of the molecule is CC(NC(=O)c1cccc(C(F)(F)F)n1)c1ccccc1Cl. The van der Waals surface area contributed by atoms with Crippen molar-refractivity contribution < 1.29 is 18.0 Å². The number of amides is 1. The number of hydrogen-bond donors (Lipinski definition) is 1. The van der Waals surface area contributed by atoms with E-state index in [0.29, 0.717) is 10.6 Å². The lowest BCUT2D eigenvalue weighted by atomic mass is 10.1. The van der Waals surface area contributed by atoms with Crippen LogP contribution >= 0.6 is 11.6 Å². The fourth-order valence-corrected chi connectivity index (χ4v) is 2.19. The average molecular weight is 329 g/mol. The molecule has 22 heavy (non-hydrogen) atoms. The third-order valence-corrected chi connectivity index (χ3v) is 3.34. The zero-order valence-electron chi connectivity index (χ0n) is 11.5. The summed E-state index contributed by atoms with van der Waals surface area (Å²) in [5, 5.41) is 3.04. The Morgan fingerprint density at radius 2 is 1.86 bits per heavy atom. The Morgan fingerprint density at radius 1 is 1.18 bits per heavy atom. The van der Waals surface area contributed by atoms with Crippen LogP contribution in [0.5, 0.6) is 0 Å². The molecule has 2 aromatic rings. The van der Waals surface area contributed by atoms with Crippen molar-refractivity contribution in [2.45, 2.75) is 19.1 Å². The molecular formula is C15H12ClF3N2O. The fraction of sp³-hybridized carbons (Fsp3) is 0.200. The normalized spacial score (nSPS) is 12.8. The average Bonchev–Trinajstić information content (AvgIpc) is 2.46. The van der Waals surface area contributed by atoms with Crippen molar-refractivity contribution in [1.82, 2.24) is 10.3 Å². The molecule has 0 saturated heterocycles. The molecule has 0 saturated carbocycles. The van der Waals surface area contributed by atoms with E-state index < -0.39 is 23.8 Å². The van der Waals surface area contributed by atoms with Crippen molar-refractivity contribution in [2.24, 2.45) is 0 Å². The van der Waals surface area contributed by atoms with Crippen LogP contribution in [-0.4, -0.2) is 10.9 Å². The number of alkyl halides is 3. The highest BCUT2D eigenvalue weighted by atomic mass is 35.5. The van der Waals surface area contributed by atoms with E-state index in [1.165, 1.54) is 6.07 Å². The highest BCUT2D eigenvalue weighted by molar-refractivity contribution is 6.31. The maximum atomic E-state index is 12.6. The summed E-state index contributed by atoms with van der Waals surface area (Å²) < 4.78 is 37.8. The van der Waals surface area contributed by atoms with Gasteiger partial charge in [0.25, 0.3) is 5.91 Å². The largest absolute Gasteiger partial charge is 0.433 e. The molecule has 1 heterocycles. The minimum Gasteiger partial charge on any atom is -0.344 e. The molecule has 1 N–H and O–H groups in total. The highest BCUT2D eigenvalue weighted by Crippen LogP contribution is 2.27. The molecule has 2 rings (SSSR count). The van der Waals surface area contributed by atoms with Crippen LogP contribution in [0.4, 0.5) is 13.2 Å². The quantitative estimate of drug-likeness (QED) is 0.915. The predicted molar refractivity (Wildman–Crippen MR) is 76.6 cm³/mol. The van der Waals surface area contributed by atoms with E-state index in [9.17, 15) is 18.0 Å². The van der Waals surface area contributed by atoms with Gasteiger partial charge in [-0.1, -0.05) is 35.9 Å². The van der Waals surface area contributed by atoms with Gasteiger partial charge in [-0.25, -0.2) is 4.98 Å². The number of benzene rings is 1. The Labute approximate surface area is 130 Å². The van der Waals surface area contributed by atoms with Gasteiger partial charge in [-0.2, -0.15) is 13.2 Å². The predicted octanol–water partition coefficient (Wildman–Crippen LogP) is 4.24. The standard InChI is InChI=1S/C15H12ClF3N2O/c1-9(10-5-2-3-6-11(10)16)20-14(22)12-7-4-8-13(21-12)15(17,18)19/h2-9H,1H3,(H,20,22). The first-order valence-electron chi connectivity index (χ1n) is 6.38. The molecule has 1 aromatic heterocycles. The number of nitrogens with zero attached hydrogens (tertiary/aromatic N) is 1. The van der Waals surface area contributed by atoms with Crippen molar-refractivity contribution in [3.8, 4) is 0 Å². The van der Waals surface area contributed by atoms with Crippen LogP contribution in [0.25, 0.3) is 0 Å². The first-order chi connectivity index (χ1) is 10.3. The summed E-state index contributed by atoms with van der Waals surface area (Å²) in [5.41, 5.74) is -0.733. The molecular weight excluding hydrogens is 317 g/mol. The minimum absolute atomic E-state index is 0.297. The second-order valence-electron chi connectivity index (χ2n) is 4.62. The zero-order valence-corrected chi connectivity index (χ0v) is 12.2. The van der Waals surface area contributed by atoms with Crippen molar-refractivity contribution in [3.05, 3.63) is 64.4 Å². The maximum Gasteiger partial charge on any atom is 0.433 e. The van der Waals surface area contributed by atoms with Gasteiger partial charge >= 0.3 is 6.18 Å². The maximum absolute atomic E-state index is 12.6. The van der Waals surface area contributed by atoms with Gasteiger partial charge in [-0.05, 0) is 30.7 Å². The summed E-state index contributed by atoms with van der Waals surface area (Å²) in [6, 6.07) is 9.62. The van der Waals surface area contributed by atoms with Crippen LogP contribution in [-0.2, 0) is 6.18 Å². The molecule has 0 fully saturated rings. The van der Waals surface area contributed by atoms with Gasteiger partial charge < -0.3 is 5.32 Å². The van der Waals surface area contributed by atoms with Crippen LogP contribution in [0.1, 0.15) is 34.7 Å². The van der Waals surface area contributed by atoms with E-state index >= 15 is 0 Å². The first-order valence-corrected chi connectivity index (χ1v) is 6.76. The second-order valence-corrected chi connectivity index (χ2v) is 5.03. The fourth-order valence-electron chi connectivity index (χ4n) is 1.89. The Kier molecular flexibility index (Phi) is 4.71. The Balaban J connectivity index is 2.18. The Hall–Kier alpha value is -2.08. The van der Waals surface area contributed by atoms with Gasteiger partial charge in [0.2, 0.25) is 0 Å². The summed E-state index contributed by atoms with van der Waals surface area (Å²) in [5.74, 6) is -0.696. The van der Waals surface area contributed by atoms with Gasteiger partial charge in [-0.3, -0.25) is 4.79 Å². The Bertz CT molecular complexity index is 688. The molecule has 1 unspecified atom stereocenters. The smallest absolute Gasteiger partial charge is 0.344 e. The molecule has 0 aliphatic heterocycles. The molecule has 0 bridgehead atoms.